The molecule has 0 radical (unpaired) electrons. The third-order valence-electron chi connectivity index (χ3n) is 14.2. The van der Waals surface area contributed by atoms with Gasteiger partial charge in [0.25, 0.3) is 0 Å². The third-order valence-corrected chi connectivity index (χ3v) is 16.7. The SMILES string of the molecule is Cc1cc2c3c(c1)N(c1ccc(C(C)(C)C)cc1-c1ccccc1)c1cc4c(cc1B3n1c3oc5ccccc5c3c3c(N(c5ccccc5)c5ccccc5)ccc-2c31)Sc1ccccc1S4. The summed E-state index contributed by atoms with van der Waals surface area (Å²) in [5, 5.41) is 3.44. The molecule has 0 aliphatic carbocycles. The average Bonchev–Trinajstić information content (AvgIpc) is 3.90. The summed E-state index contributed by atoms with van der Waals surface area (Å²) in [6.45, 7) is 9.00. The molecule has 68 heavy (non-hydrogen) atoms. The van der Waals surface area contributed by atoms with Crippen LogP contribution in [0.4, 0.5) is 34.1 Å². The number of benzene rings is 9. The lowest BCUT2D eigenvalue weighted by atomic mass is 9.45. The van der Waals surface area contributed by atoms with Crippen LogP contribution in [0.1, 0.15) is 31.9 Å². The Bertz CT molecular complexity index is 3830. The Morgan fingerprint density at radius 3 is 1.88 bits per heavy atom. The van der Waals surface area contributed by atoms with Gasteiger partial charge in [-0.05, 0) is 124 Å². The van der Waals surface area contributed by atoms with E-state index in [1.54, 1.807) is 0 Å². The molecule has 2 aromatic heterocycles. The lowest BCUT2D eigenvalue weighted by Crippen LogP contribution is -2.56. The highest BCUT2D eigenvalue weighted by Crippen LogP contribution is 2.55. The lowest BCUT2D eigenvalue weighted by molar-refractivity contribution is 0.590. The number of fused-ring (bicyclic) bond motifs is 11. The summed E-state index contributed by atoms with van der Waals surface area (Å²) in [6.07, 6.45) is 0. The molecule has 14 rings (SSSR count). The van der Waals surface area contributed by atoms with Gasteiger partial charge in [-0.3, -0.25) is 0 Å². The predicted molar refractivity (Wildman–Crippen MR) is 288 cm³/mol. The normalized spacial score (nSPS) is 13.4. The number of furan rings is 1. The first-order valence-electron chi connectivity index (χ1n) is 23.4. The molecule has 0 bridgehead atoms. The second kappa shape index (κ2) is 14.8. The maximum absolute atomic E-state index is 7.26. The second-order valence-corrected chi connectivity index (χ2v) is 21.5. The minimum Gasteiger partial charge on any atom is -0.441 e. The molecule has 3 aliphatic heterocycles. The van der Waals surface area contributed by atoms with Gasteiger partial charge in [0.05, 0.1) is 16.8 Å². The Morgan fingerprint density at radius 2 is 1.18 bits per heavy atom. The number of anilines is 6. The molecule has 5 heterocycles. The van der Waals surface area contributed by atoms with E-state index in [9.17, 15) is 0 Å². The van der Waals surface area contributed by atoms with Crippen molar-refractivity contribution in [1.82, 2.24) is 4.48 Å². The first kappa shape index (κ1) is 39.8. The number of aryl methyl sites for hydroxylation is 1. The quantitative estimate of drug-likeness (QED) is 0.160. The smallest absolute Gasteiger partial charge is 0.336 e. The van der Waals surface area contributed by atoms with Gasteiger partial charge in [0.1, 0.15) is 5.58 Å². The number of aromatic nitrogens is 1. The average molecular weight is 910 g/mol. The first-order chi connectivity index (χ1) is 33.3. The third kappa shape index (κ3) is 5.85. The Kier molecular flexibility index (Phi) is 8.69. The molecule has 0 fully saturated rings. The Balaban J connectivity index is 1.12. The monoisotopic (exact) mass is 909 g/mol. The zero-order valence-corrected chi connectivity index (χ0v) is 39.8. The van der Waals surface area contributed by atoms with E-state index in [1.165, 1.54) is 91.9 Å². The summed E-state index contributed by atoms with van der Waals surface area (Å²) in [5.74, 6) is 0. The van der Waals surface area contributed by atoms with Crippen LogP contribution in [0.25, 0.3) is 55.2 Å². The van der Waals surface area contributed by atoms with Crippen molar-refractivity contribution in [1.29, 1.82) is 0 Å². The van der Waals surface area contributed by atoms with Crippen LogP contribution in [0.15, 0.2) is 218 Å². The van der Waals surface area contributed by atoms with Crippen molar-refractivity contribution < 1.29 is 4.42 Å². The molecule has 0 atom stereocenters. The summed E-state index contributed by atoms with van der Waals surface area (Å²) in [4.78, 5) is 10.2. The molecule has 0 saturated heterocycles. The molecule has 7 heteroatoms. The molecule has 0 amide bonds. The van der Waals surface area contributed by atoms with Crippen molar-refractivity contribution in [3.8, 4) is 22.3 Å². The minimum absolute atomic E-state index is 0.0350. The zero-order valence-electron chi connectivity index (χ0n) is 38.1. The molecule has 0 saturated carbocycles. The number of hydrogen-bond donors (Lipinski definition) is 0. The van der Waals surface area contributed by atoms with E-state index in [0.717, 1.165) is 39.1 Å². The van der Waals surface area contributed by atoms with Crippen LogP contribution >= 0.6 is 23.5 Å². The fourth-order valence-corrected chi connectivity index (χ4v) is 13.5. The highest BCUT2D eigenvalue weighted by Gasteiger charge is 2.46. The summed E-state index contributed by atoms with van der Waals surface area (Å²) >= 11 is 3.77. The van der Waals surface area contributed by atoms with E-state index < -0.39 is 0 Å². The molecule has 4 nitrogen and oxygen atoms in total. The summed E-state index contributed by atoms with van der Waals surface area (Å²) in [6, 6.07) is 71.8. The molecule has 3 aliphatic rings. The fraction of sp³-hybridized carbons (Fsp3) is 0.0820. The summed E-state index contributed by atoms with van der Waals surface area (Å²) in [5.41, 5.74) is 19.8. The topological polar surface area (TPSA) is 24.6 Å². The van der Waals surface area contributed by atoms with Crippen molar-refractivity contribution >= 4 is 108 Å². The van der Waals surface area contributed by atoms with Crippen LogP contribution in [-0.4, -0.2) is 11.3 Å². The molecular weight excluding hydrogens is 866 g/mol. The van der Waals surface area contributed by atoms with Crippen molar-refractivity contribution in [2.24, 2.45) is 0 Å². The van der Waals surface area contributed by atoms with Gasteiger partial charge < -0.3 is 18.7 Å². The van der Waals surface area contributed by atoms with Crippen molar-refractivity contribution in [2.45, 2.75) is 52.7 Å². The van der Waals surface area contributed by atoms with Crippen LogP contribution in [0.2, 0.25) is 0 Å². The zero-order chi connectivity index (χ0) is 45.4. The van der Waals surface area contributed by atoms with Gasteiger partial charge in [-0.2, -0.15) is 0 Å². The van der Waals surface area contributed by atoms with Gasteiger partial charge in [0.2, 0.25) is 0 Å². The van der Waals surface area contributed by atoms with Gasteiger partial charge in [-0.25, -0.2) is 0 Å². The van der Waals surface area contributed by atoms with Crippen LogP contribution in [0.5, 0.6) is 0 Å². The van der Waals surface area contributed by atoms with Gasteiger partial charge in [0.15, 0.2) is 5.71 Å². The minimum atomic E-state index is -0.195. The largest absolute Gasteiger partial charge is 0.441 e. The predicted octanol–water partition coefficient (Wildman–Crippen LogP) is 16.3. The van der Waals surface area contributed by atoms with Crippen LogP contribution in [-0.2, 0) is 5.41 Å². The summed E-state index contributed by atoms with van der Waals surface area (Å²) < 4.78 is 9.84. The molecule has 0 unspecified atom stereocenters. The fourth-order valence-electron chi connectivity index (χ4n) is 11.2. The standard InChI is InChI=1S/C61H44BN3OS2/c1-37-32-45-42-29-31-48(63(40-20-10-6-11-21-40)41-22-12-7-13-23-41)57-56-43-24-14-15-25-51(43)66-60(56)65(59(42)57)62-46-35-54-55(68-53-27-17-16-26-52(53)67-54)36-49(46)64(50(33-37)58(45)62)47-30-28-39(61(2,3)4)34-44(47)38-18-8-5-9-19-38/h5-36H,1-4H3. The molecule has 9 aromatic carbocycles. The molecule has 0 spiro atoms. The maximum Gasteiger partial charge on any atom is 0.336 e. The second-order valence-electron chi connectivity index (χ2n) is 19.4. The Labute approximate surface area is 405 Å². The molecular formula is C61H44BN3OS2. The molecule has 11 aromatic rings. The van der Waals surface area contributed by atoms with Gasteiger partial charge in [-0.15, -0.1) is 0 Å². The van der Waals surface area contributed by atoms with Crippen LogP contribution < -0.4 is 20.7 Å². The van der Waals surface area contributed by atoms with E-state index >= 15 is 0 Å². The number of hydrogen-bond acceptors (Lipinski definition) is 5. The van der Waals surface area contributed by atoms with E-state index in [-0.39, 0.29) is 12.3 Å². The number of rotatable bonds is 5. The van der Waals surface area contributed by atoms with E-state index in [2.05, 4.69) is 236 Å². The van der Waals surface area contributed by atoms with E-state index in [4.69, 9.17) is 4.42 Å². The highest BCUT2D eigenvalue weighted by atomic mass is 32.2. The van der Waals surface area contributed by atoms with Crippen molar-refractivity contribution in [3.63, 3.8) is 0 Å². The molecule has 0 N–H and O–H groups in total. The Hall–Kier alpha value is -7.32. The highest BCUT2D eigenvalue weighted by molar-refractivity contribution is 8.05. The van der Waals surface area contributed by atoms with Gasteiger partial charge >= 0.3 is 6.85 Å². The van der Waals surface area contributed by atoms with E-state index in [1.807, 2.05) is 23.5 Å². The number of nitrogens with zero attached hydrogens (tertiary/aromatic N) is 3. The Morgan fingerprint density at radius 1 is 0.529 bits per heavy atom. The lowest BCUT2D eigenvalue weighted by Gasteiger charge is -2.42. The van der Waals surface area contributed by atoms with Gasteiger partial charge in [-0.1, -0.05) is 160 Å². The molecule has 324 valence electrons. The van der Waals surface area contributed by atoms with Crippen LogP contribution in [0.3, 0.4) is 0 Å². The number of para-hydroxylation sites is 3. The van der Waals surface area contributed by atoms with Gasteiger partial charge in [0, 0.05) is 69.7 Å². The van der Waals surface area contributed by atoms with Crippen LogP contribution in [0, 0.1) is 6.92 Å². The van der Waals surface area contributed by atoms with Crippen molar-refractivity contribution in [3.05, 3.63) is 205 Å². The van der Waals surface area contributed by atoms with E-state index in [0.29, 0.717) is 0 Å². The van der Waals surface area contributed by atoms with Crippen molar-refractivity contribution in [2.75, 3.05) is 9.80 Å². The summed E-state index contributed by atoms with van der Waals surface area (Å²) in [7, 11) is 0. The first-order valence-corrected chi connectivity index (χ1v) is 25.1. The maximum atomic E-state index is 7.26.